The molecule has 0 radical (unpaired) electrons. The highest BCUT2D eigenvalue weighted by Gasteiger charge is 2.30. The summed E-state index contributed by atoms with van der Waals surface area (Å²) in [7, 11) is 1.93. The number of primary amides is 1. The molecule has 2 aromatic rings. The number of pyridine rings is 1. The van der Waals surface area contributed by atoms with E-state index in [0.29, 0.717) is 25.1 Å². The van der Waals surface area contributed by atoms with Crippen LogP contribution in [-0.2, 0) is 4.79 Å². The quantitative estimate of drug-likeness (QED) is 0.930. The van der Waals surface area contributed by atoms with Crippen LogP contribution in [0.25, 0.3) is 0 Å². The number of nitrogens with two attached hydrogens (primary N) is 1. The van der Waals surface area contributed by atoms with Gasteiger partial charge in [-0.1, -0.05) is 18.2 Å². The first kappa shape index (κ1) is 16.0. The van der Waals surface area contributed by atoms with E-state index < -0.39 is 0 Å². The van der Waals surface area contributed by atoms with Crippen molar-refractivity contribution in [2.24, 2.45) is 11.7 Å². The second-order valence-electron chi connectivity index (χ2n) is 5.94. The highest BCUT2D eigenvalue weighted by atomic mass is 16.2. The Hall–Kier alpha value is -2.89. The Bertz CT molecular complexity index is 730. The average Bonchev–Trinajstić information content (AvgIpc) is 3.12. The molecule has 1 aromatic carbocycles. The number of likely N-dealkylation sites (tertiary alicyclic amines) is 1. The van der Waals surface area contributed by atoms with Crippen molar-refractivity contribution in [1.29, 1.82) is 0 Å². The normalized spacial score (nSPS) is 16.9. The molecule has 24 heavy (non-hydrogen) atoms. The first-order valence-corrected chi connectivity index (χ1v) is 7.89. The molecular weight excluding hydrogens is 304 g/mol. The van der Waals surface area contributed by atoms with Gasteiger partial charge in [0.2, 0.25) is 5.91 Å². The van der Waals surface area contributed by atoms with E-state index in [1.165, 1.54) is 0 Å². The Balaban J connectivity index is 1.71. The summed E-state index contributed by atoms with van der Waals surface area (Å²) in [5, 5.41) is 0. The number of anilines is 2. The maximum absolute atomic E-state index is 12.5. The van der Waals surface area contributed by atoms with Crippen LogP contribution in [0.3, 0.4) is 0 Å². The fourth-order valence-corrected chi connectivity index (χ4v) is 2.85. The van der Waals surface area contributed by atoms with E-state index in [0.717, 1.165) is 11.5 Å². The Morgan fingerprint density at radius 1 is 1.21 bits per heavy atom. The summed E-state index contributed by atoms with van der Waals surface area (Å²) >= 11 is 0. The van der Waals surface area contributed by atoms with Crippen LogP contribution in [0.4, 0.5) is 11.5 Å². The topological polar surface area (TPSA) is 79.5 Å². The summed E-state index contributed by atoms with van der Waals surface area (Å²) in [6.07, 6.45) is 2.21. The third kappa shape index (κ3) is 3.22. The van der Waals surface area contributed by atoms with Gasteiger partial charge in [-0.2, -0.15) is 0 Å². The van der Waals surface area contributed by atoms with Gasteiger partial charge in [-0.05, 0) is 30.7 Å². The fraction of sp³-hybridized carbons (Fsp3) is 0.278. The van der Waals surface area contributed by atoms with Gasteiger partial charge in [-0.25, -0.2) is 4.98 Å². The number of benzene rings is 1. The molecular formula is C18H20N4O2. The van der Waals surface area contributed by atoms with Crippen LogP contribution >= 0.6 is 0 Å². The fourth-order valence-electron chi connectivity index (χ4n) is 2.85. The van der Waals surface area contributed by atoms with Gasteiger partial charge in [-0.15, -0.1) is 0 Å². The number of para-hydroxylation sites is 1. The van der Waals surface area contributed by atoms with E-state index in [2.05, 4.69) is 4.98 Å². The maximum Gasteiger partial charge on any atom is 0.255 e. The first-order valence-electron chi connectivity index (χ1n) is 7.89. The van der Waals surface area contributed by atoms with Gasteiger partial charge in [-0.3, -0.25) is 9.59 Å². The van der Waals surface area contributed by atoms with E-state index in [-0.39, 0.29) is 17.7 Å². The Labute approximate surface area is 140 Å². The molecule has 6 nitrogen and oxygen atoms in total. The molecule has 1 fully saturated rings. The van der Waals surface area contributed by atoms with Crippen molar-refractivity contribution in [3.8, 4) is 0 Å². The zero-order chi connectivity index (χ0) is 17.1. The molecule has 1 saturated heterocycles. The van der Waals surface area contributed by atoms with Crippen molar-refractivity contribution in [3.63, 3.8) is 0 Å². The van der Waals surface area contributed by atoms with Crippen LogP contribution in [0.15, 0.2) is 48.7 Å². The minimum atomic E-state index is -0.344. The Morgan fingerprint density at radius 3 is 2.54 bits per heavy atom. The monoisotopic (exact) mass is 324 g/mol. The molecule has 2 amide bonds. The standard InChI is InChI=1S/C18H20N4O2/c1-21(15-5-3-2-4-6-15)16-8-7-13(11-20-16)18(24)22-10-9-14(12-22)17(19)23/h2-8,11,14H,9-10,12H2,1H3,(H2,19,23). The van der Waals surface area contributed by atoms with Crippen LogP contribution < -0.4 is 10.6 Å². The Morgan fingerprint density at radius 2 is 1.96 bits per heavy atom. The number of hydrogen-bond donors (Lipinski definition) is 1. The summed E-state index contributed by atoms with van der Waals surface area (Å²) in [5.74, 6) is 0.0583. The predicted molar refractivity (Wildman–Crippen MR) is 91.9 cm³/mol. The third-order valence-corrected chi connectivity index (χ3v) is 4.36. The van der Waals surface area contributed by atoms with Crippen molar-refractivity contribution in [2.45, 2.75) is 6.42 Å². The highest BCUT2D eigenvalue weighted by Crippen LogP contribution is 2.22. The smallest absolute Gasteiger partial charge is 0.255 e. The van der Waals surface area contributed by atoms with Gasteiger partial charge in [0.1, 0.15) is 5.82 Å². The summed E-state index contributed by atoms with van der Waals surface area (Å²) < 4.78 is 0. The first-order chi connectivity index (χ1) is 11.6. The van der Waals surface area contributed by atoms with Crippen LogP contribution in [0.2, 0.25) is 0 Å². The molecule has 1 aliphatic heterocycles. The molecule has 1 aromatic heterocycles. The van der Waals surface area contributed by atoms with Crippen molar-refractivity contribution < 1.29 is 9.59 Å². The van der Waals surface area contributed by atoms with Gasteiger partial charge in [0.15, 0.2) is 0 Å². The molecule has 1 unspecified atom stereocenters. The molecule has 0 saturated carbocycles. The number of hydrogen-bond acceptors (Lipinski definition) is 4. The molecule has 3 rings (SSSR count). The summed E-state index contributed by atoms with van der Waals surface area (Å²) in [6.45, 7) is 0.942. The van der Waals surface area contributed by atoms with Crippen LogP contribution in [0, 0.1) is 5.92 Å². The molecule has 124 valence electrons. The zero-order valence-electron chi connectivity index (χ0n) is 13.6. The van der Waals surface area contributed by atoms with Gasteiger partial charge in [0, 0.05) is 32.0 Å². The summed E-state index contributed by atoms with van der Waals surface area (Å²) in [6, 6.07) is 13.5. The lowest BCUT2D eigenvalue weighted by atomic mass is 10.1. The molecule has 0 bridgehead atoms. The highest BCUT2D eigenvalue weighted by molar-refractivity contribution is 5.95. The summed E-state index contributed by atoms with van der Waals surface area (Å²) in [5.41, 5.74) is 6.85. The largest absolute Gasteiger partial charge is 0.369 e. The molecule has 1 atom stereocenters. The number of amides is 2. The van der Waals surface area contributed by atoms with Crippen LogP contribution in [0.5, 0.6) is 0 Å². The molecule has 0 aliphatic carbocycles. The predicted octanol–water partition coefficient (Wildman–Crippen LogP) is 1.80. The van der Waals surface area contributed by atoms with Gasteiger partial charge >= 0.3 is 0 Å². The van der Waals surface area contributed by atoms with Crippen molar-refractivity contribution in [1.82, 2.24) is 9.88 Å². The van der Waals surface area contributed by atoms with E-state index >= 15 is 0 Å². The van der Waals surface area contributed by atoms with Gasteiger partial charge < -0.3 is 15.5 Å². The second kappa shape index (κ2) is 6.70. The van der Waals surface area contributed by atoms with Crippen LogP contribution in [0.1, 0.15) is 16.8 Å². The van der Waals surface area contributed by atoms with Crippen LogP contribution in [-0.4, -0.2) is 41.8 Å². The molecule has 0 spiro atoms. The number of nitrogens with zero attached hydrogens (tertiary/aromatic N) is 3. The molecule has 2 heterocycles. The average molecular weight is 324 g/mol. The number of aromatic nitrogens is 1. The van der Waals surface area contributed by atoms with E-state index in [9.17, 15) is 9.59 Å². The minimum Gasteiger partial charge on any atom is -0.369 e. The molecule has 6 heteroatoms. The Kier molecular flexibility index (Phi) is 4.46. The van der Waals surface area contributed by atoms with Crippen molar-refractivity contribution in [2.75, 3.05) is 25.0 Å². The summed E-state index contributed by atoms with van der Waals surface area (Å²) in [4.78, 5) is 31.7. The van der Waals surface area contributed by atoms with Crippen molar-refractivity contribution in [3.05, 3.63) is 54.2 Å². The second-order valence-corrected chi connectivity index (χ2v) is 5.94. The van der Waals surface area contributed by atoms with Gasteiger partial charge in [0.25, 0.3) is 5.91 Å². The molecule has 1 aliphatic rings. The number of rotatable bonds is 4. The zero-order valence-corrected chi connectivity index (χ0v) is 13.6. The van der Waals surface area contributed by atoms with E-state index in [1.54, 1.807) is 17.2 Å². The number of carbonyl (C=O) groups excluding carboxylic acids is 2. The lowest BCUT2D eigenvalue weighted by Crippen LogP contribution is -2.31. The molecule has 2 N–H and O–H groups in total. The van der Waals surface area contributed by atoms with Crippen molar-refractivity contribution >= 4 is 23.3 Å². The maximum atomic E-state index is 12.5. The minimum absolute atomic E-state index is 0.111. The SMILES string of the molecule is CN(c1ccccc1)c1ccc(C(=O)N2CCC(C(N)=O)C2)cn1. The van der Waals surface area contributed by atoms with E-state index in [4.69, 9.17) is 5.73 Å². The third-order valence-electron chi connectivity index (χ3n) is 4.36. The number of carbonyl (C=O) groups is 2. The van der Waals surface area contributed by atoms with Gasteiger partial charge in [0.05, 0.1) is 11.5 Å². The lowest BCUT2D eigenvalue weighted by Gasteiger charge is -2.19. The van der Waals surface area contributed by atoms with E-state index in [1.807, 2.05) is 48.3 Å². The lowest BCUT2D eigenvalue weighted by molar-refractivity contribution is -0.121.